The number of aryl methyl sites for hydroxylation is 3. The van der Waals surface area contributed by atoms with Gasteiger partial charge in [-0.2, -0.15) is 0 Å². The minimum absolute atomic E-state index is 0.0990. The van der Waals surface area contributed by atoms with E-state index in [0.717, 1.165) is 33.5 Å². The van der Waals surface area contributed by atoms with Crippen LogP contribution < -0.4 is 0 Å². The number of benzene rings is 1. The molecule has 1 aromatic carbocycles. The fourth-order valence-corrected chi connectivity index (χ4v) is 3.49. The third kappa shape index (κ3) is 3.28. The molecule has 24 heavy (non-hydrogen) atoms. The van der Waals surface area contributed by atoms with Crippen molar-refractivity contribution in [1.82, 2.24) is 19.7 Å². The maximum Gasteiger partial charge on any atom is 0.191 e. The Bertz CT molecular complexity index is 894. The van der Waals surface area contributed by atoms with Crippen molar-refractivity contribution in [3.8, 4) is 11.4 Å². The second-order valence-corrected chi connectivity index (χ2v) is 6.88. The number of ketones is 1. The Kier molecular flexibility index (Phi) is 4.57. The van der Waals surface area contributed by atoms with Crippen LogP contribution in [0.3, 0.4) is 0 Å². The number of aromatic nitrogens is 4. The molecule has 0 bridgehead atoms. The van der Waals surface area contributed by atoms with Gasteiger partial charge >= 0.3 is 0 Å². The summed E-state index contributed by atoms with van der Waals surface area (Å²) >= 11 is 1.41. The van der Waals surface area contributed by atoms with Crippen LogP contribution in [0.5, 0.6) is 0 Å². The van der Waals surface area contributed by atoms with Gasteiger partial charge in [-0.1, -0.05) is 35.5 Å². The van der Waals surface area contributed by atoms with Crippen molar-refractivity contribution in [3.63, 3.8) is 0 Å². The van der Waals surface area contributed by atoms with Crippen molar-refractivity contribution in [1.29, 1.82) is 0 Å². The number of nitrogens with one attached hydrogen (secondary N) is 1. The predicted octanol–water partition coefficient (Wildman–Crippen LogP) is 3.71. The van der Waals surface area contributed by atoms with Crippen molar-refractivity contribution < 1.29 is 4.79 Å². The number of hydrogen-bond donors (Lipinski definition) is 1. The average molecular weight is 340 g/mol. The van der Waals surface area contributed by atoms with Crippen molar-refractivity contribution in [2.75, 3.05) is 5.75 Å². The summed E-state index contributed by atoms with van der Waals surface area (Å²) in [5, 5.41) is 9.25. The lowest BCUT2D eigenvalue weighted by molar-refractivity contribution is 0.102. The molecule has 124 valence electrons. The number of Topliss-reactive ketones (excluding diaryl/α,β-unsaturated/α-hetero) is 1. The van der Waals surface area contributed by atoms with E-state index >= 15 is 0 Å². The van der Waals surface area contributed by atoms with Gasteiger partial charge in [0.05, 0.1) is 5.75 Å². The molecule has 0 amide bonds. The Morgan fingerprint density at radius 1 is 1.21 bits per heavy atom. The Balaban J connectivity index is 1.75. The molecule has 0 unspecified atom stereocenters. The molecule has 0 saturated carbocycles. The fraction of sp³-hybridized carbons (Fsp3) is 0.278. The van der Waals surface area contributed by atoms with Crippen molar-refractivity contribution in [2.45, 2.75) is 25.9 Å². The molecule has 0 spiro atoms. The highest BCUT2D eigenvalue weighted by Crippen LogP contribution is 2.24. The normalized spacial score (nSPS) is 11.0. The molecule has 5 nitrogen and oxygen atoms in total. The molecule has 0 radical (unpaired) electrons. The van der Waals surface area contributed by atoms with Crippen LogP contribution in [0.15, 0.2) is 35.5 Å². The van der Waals surface area contributed by atoms with Gasteiger partial charge in [0.25, 0.3) is 0 Å². The lowest BCUT2D eigenvalue weighted by Gasteiger charge is -2.04. The molecule has 3 aromatic rings. The molecule has 0 saturated heterocycles. The van der Waals surface area contributed by atoms with Crippen LogP contribution in [0.4, 0.5) is 0 Å². The molecular weight excluding hydrogens is 320 g/mol. The Morgan fingerprint density at radius 2 is 2.00 bits per heavy atom. The topological polar surface area (TPSA) is 63.6 Å². The summed E-state index contributed by atoms with van der Waals surface area (Å²) in [5.41, 5.74) is 4.87. The molecule has 0 atom stereocenters. The zero-order valence-electron chi connectivity index (χ0n) is 14.3. The van der Waals surface area contributed by atoms with Crippen LogP contribution in [0, 0.1) is 20.8 Å². The zero-order chi connectivity index (χ0) is 17.3. The van der Waals surface area contributed by atoms with Crippen molar-refractivity contribution >= 4 is 17.5 Å². The molecule has 1 N–H and O–H groups in total. The van der Waals surface area contributed by atoms with Crippen LogP contribution in [0.1, 0.15) is 27.3 Å². The maximum atomic E-state index is 12.4. The first kappa shape index (κ1) is 16.5. The molecule has 0 fully saturated rings. The maximum absolute atomic E-state index is 12.4. The Labute approximate surface area is 145 Å². The number of carbonyl (C=O) groups excluding carboxylic acids is 1. The Hall–Kier alpha value is -2.34. The molecule has 2 aromatic heterocycles. The predicted molar refractivity (Wildman–Crippen MR) is 96.5 cm³/mol. The second kappa shape index (κ2) is 6.65. The molecule has 0 aliphatic heterocycles. The Morgan fingerprint density at radius 3 is 2.67 bits per heavy atom. The summed E-state index contributed by atoms with van der Waals surface area (Å²) in [5.74, 6) is 1.25. The summed E-state index contributed by atoms with van der Waals surface area (Å²) in [6, 6.07) is 10.0. The smallest absolute Gasteiger partial charge is 0.191 e. The molecule has 2 heterocycles. The van der Waals surface area contributed by atoms with E-state index in [1.54, 1.807) is 0 Å². The highest BCUT2D eigenvalue weighted by Gasteiger charge is 2.16. The lowest BCUT2D eigenvalue weighted by Crippen LogP contribution is -2.04. The van der Waals surface area contributed by atoms with Gasteiger partial charge in [-0.15, -0.1) is 10.2 Å². The van der Waals surface area contributed by atoms with E-state index in [1.807, 2.05) is 43.7 Å². The molecule has 0 aliphatic carbocycles. The quantitative estimate of drug-likeness (QED) is 0.568. The first-order valence-corrected chi connectivity index (χ1v) is 8.73. The van der Waals surface area contributed by atoms with Crippen LogP contribution in [-0.4, -0.2) is 31.3 Å². The first-order valence-electron chi connectivity index (χ1n) is 7.74. The van der Waals surface area contributed by atoms with E-state index in [1.165, 1.54) is 17.3 Å². The van der Waals surface area contributed by atoms with Crippen LogP contribution in [0.25, 0.3) is 11.4 Å². The lowest BCUT2D eigenvalue weighted by atomic mass is 10.1. The van der Waals surface area contributed by atoms with E-state index in [0.29, 0.717) is 5.75 Å². The summed E-state index contributed by atoms with van der Waals surface area (Å²) in [6.07, 6.45) is 0. The van der Waals surface area contributed by atoms with Gasteiger partial charge in [0, 0.05) is 29.6 Å². The van der Waals surface area contributed by atoms with E-state index in [2.05, 4.69) is 34.2 Å². The van der Waals surface area contributed by atoms with E-state index in [-0.39, 0.29) is 5.78 Å². The summed E-state index contributed by atoms with van der Waals surface area (Å²) in [4.78, 5) is 15.6. The van der Waals surface area contributed by atoms with Gasteiger partial charge in [0.2, 0.25) is 0 Å². The van der Waals surface area contributed by atoms with Gasteiger partial charge in [0.15, 0.2) is 16.8 Å². The average Bonchev–Trinajstić information content (AvgIpc) is 3.07. The van der Waals surface area contributed by atoms with Crippen molar-refractivity contribution in [3.05, 3.63) is 52.8 Å². The summed E-state index contributed by atoms with van der Waals surface area (Å²) in [7, 11) is 1.93. The number of hydrogen-bond acceptors (Lipinski definition) is 4. The fourth-order valence-electron chi connectivity index (χ4n) is 2.70. The number of thioether (sulfide) groups is 1. The summed E-state index contributed by atoms with van der Waals surface area (Å²) < 4.78 is 1.93. The molecule has 6 heteroatoms. The van der Waals surface area contributed by atoms with Crippen LogP contribution >= 0.6 is 11.8 Å². The standard InChI is InChI=1S/C18H20N4OS/c1-11-6-5-7-14(8-11)17-20-21-18(22(17)4)24-10-16(23)15-9-12(2)19-13(15)3/h5-9,19H,10H2,1-4H3. The molecular formula is C18H20N4OS. The van der Waals surface area contributed by atoms with Gasteiger partial charge < -0.3 is 9.55 Å². The largest absolute Gasteiger partial charge is 0.362 e. The third-order valence-corrected chi connectivity index (χ3v) is 4.91. The van der Waals surface area contributed by atoms with Gasteiger partial charge in [-0.05, 0) is 32.9 Å². The number of aromatic amines is 1. The van der Waals surface area contributed by atoms with Crippen LogP contribution in [-0.2, 0) is 7.05 Å². The van der Waals surface area contributed by atoms with Crippen molar-refractivity contribution in [2.24, 2.45) is 7.05 Å². The minimum Gasteiger partial charge on any atom is -0.362 e. The monoisotopic (exact) mass is 340 g/mol. The van der Waals surface area contributed by atoms with E-state index < -0.39 is 0 Å². The minimum atomic E-state index is 0.0990. The zero-order valence-corrected chi connectivity index (χ0v) is 15.1. The number of rotatable bonds is 5. The van der Waals surface area contributed by atoms with Gasteiger partial charge in [-0.3, -0.25) is 4.79 Å². The molecule has 3 rings (SSSR count). The first-order chi connectivity index (χ1) is 11.5. The second-order valence-electron chi connectivity index (χ2n) is 5.94. The highest BCUT2D eigenvalue weighted by atomic mass is 32.2. The number of nitrogens with zero attached hydrogens (tertiary/aromatic N) is 3. The SMILES string of the molecule is Cc1cccc(-c2nnc(SCC(=O)c3cc(C)[nH]c3C)n2C)c1. The van der Waals surface area contributed by atoms with E-state index in [9.17, 15) is 4.79 Å². The number of H-pyrrole nitrogens is 1. The molecule has 0 aliphatic rings. The van der Waals surface area contributed by atoms with Crippen LogP contribution in [0.2, 0.25) is 0 Å². The third-order valence-electron chi connectivity index (χ3n) is 3.89. The number of carbonyl (C=O) groups is 1. The van der Waals surface area contributed by atoms with E-state index in [4.69, 9.17) is 0 Å². The van der Waals surface area contributed by atoms with Gasteiger partial charge in [0.1, 0.15) is 0 Å². The summed E-state index contributed by atoms with van der Waals surface area (Å²) in [6.45, 7) is 5.92. The highest BCUT2D eigenvalue weighted by molar-refractivity contribution is 7.99. The van der Waals surface area contributed by atoms with Gasteiger partial charge in [-0.25, -0.2) is 0 Å².